The van der Waals surface area contributed by atoms with Crippen LogP contribution in [-0.2, 0) is 16.6 Å². The average molecular weight is 277 g/mol. The van der Waals surface area contributed by atoms with Crippen LogP contribution in [0, 0.1) is 0 Å². The van der Waals surface area contributed by atoms with E-state index in [9.17, 15) is 8.42 Å². The first-order valence-corrected chi connectivity index (χ1v) is 8.06. The molecule has 0 fully saturated rings. The Hall–Kier alpha value is -0.430. The summed E-state index contributed by atoms with van der Waals surface area (Å²) in [5, 5.41) is 10.5. The summed E-state index contributed by atoms with van der Waals surface area (Å²) in [4.78, 5) is 0.904. The van der Waals surface area contributed by atoms with Gasteiger partial charge >= 0.3 is 0 Å². The van der Waals surface area contributed by atoms with E-state index >= 15 is 0 Å². The molecule has 0 aliphatic carbocycles. The van der Waals surface area contributed by atoms with Gasteiger partial charge < -0.3 is 5.11 Å². The fourth-order valence-electron chi connectivity index (χ4n) is 1.49. The van der Waals surface area contributed by atoms with Crippen LogP contribution in [0.15, 0.2) is 16.3 Å². The van der Waals surface area contributed by atoms with Gasteiger partial charge in [-0.25, -0.2) is 13.1 Å². The van der Waals surface area contributed by atoms with E-state index in [1.807, 2.05) is 6.92 Å². The highest BCUT2D eigenvalue weighted by Gasteiger charge is 2.18. The van der Waals surface area contributed by atoms with Crippen molar-refractivity contribution in [3.8, 4) is 0 Å². The molecule has 6 heteroatoms. The number of rotatable bonds is 7. The highest BCUT2D eigenvalue weighted by molar-refractivity contribution is 7.89. The third kappa shape index (κ3) is 4.39. The molecule has 0 aliphatic rings. The van der Waals surface area contributed by atoms with Gasteiger partial charge in [0.25, 0.3) is 0 Å². The molecule has 0 aliphatic heterocycles. The summed E-state index contributed by atoms with van der Waals surface area (Å²) >= 11 is 1.25. The van der Waals surface area contributed by atoms with Gasteiger partial charge in [0.2, 0.25) is 10.0 Å². The highest BCUT2D eigenvalue weighted by atomic mass is 32.2. The van der Waals surface area contributed by atoms with Crippen LogP contribution in [0.25, 0.3) is 0 Å². The number of unbranched alkanes of at least 4 members (excludes halogenated alkanes) is 1. The molecular formula is C11H19NO3S2. The Morgan fingerprint density at radius 2 is 2.24 bits per heavy atom. The summed E-state index contributed by atoms with van der Waals surface area (Å²) in [5.41, 5.74) is 0. The molecule has 2 N–H and O–H groups in total. The van der Waals surface area contributed by atoms with Crippen LogP contribution in [0.1, 0.15) is 38.0 Å². The van der Waals surface area contributed by atoms with Gasteiger partial charge in [0.15, 0.2) is 0 Å². The lowest BCUT2D eigenvalue weighted by Crippen LogP contribution is -2.32. The minimum absolute atomic E-state index is 0.0579. The molecule has 0 saturated carbocycles. The number of aliphatic hydroxyl groups excluding tert-OH is 1. The Balaban J connectivity index is 2.68. The van der Waals surface area contributed by atoms with Gasteiger partial charge in [0.05, 0.1) is 11.5 Å². The van der Waals surface area contributed by atoms with E-state index in [2.05, 4.69) is 11.6 Å². The molecule has 0 radical (unpaired) electrons. The first kappa shape index (κ1) is 14.6. The lowest BCUT2D eigenvalue weighted by molar-refractivity contribution is 0.285. The van der Waals surface area contributed by atoms with Gasteiger partial charge in [-0.15, -0.1) is 11.3 Å². The third-order valence-electron chi connectivity index (χ3n) is 2.44. The highest BCUT2D eigenvalue weighted by Crippen LogP contribution is 2.19. The Bertz CT molecular complexity index is 439. The summed E-state index contributed by atoms with van der Waals surface area (Å²) in [6, 6.07) is 1.46. The van der Waals surface area contributed by atoms with Crippen molar-refractivity contribution in [3.05, 3.63) is 16.3 Å². The largest absolute Gasteiger partial charge is 0.391 e. The van der Waals surface area contributed by atoms with Gasteiger partial charge in [-0.05, 0) is 19.4 Å². The Kier molecular flexibility index (Phi) is 5.58. The normalized spacial score (nSPS) is 13.8. The van der Waals surface area contributed by atoms with Gasteiger partial charge in [0.1, 0.15) is 0 Å². The minimum atomic E-state index is -3.43. The predicted octanol–water partition coefficient (Wildman–Crippen LogP) is 2.10. The van der Waals surface area contributed by atoms with Crippen LogP contribution in [-0.4, -0.2) is 19.6 Å². The number of thiophene rings is 1. The predicted molar refractivity (Wildman–Crippen MR) is 69.6 cm³/mol. The van der Waals surface area contributed by atoms with Crippen molar-refractivity contribution < 1.29 is 13.5 Å². The number of hydrogen-bond acceptors (Lipinski definition) is 4. The van der Waals surface area contributed by atoms with Gasteiger partial charge in [-0.3, -0.25) is 0 Å². The number of sulfonamides is 1. The van der Waals surface area contributed by atoms with E-state index < -0.39 is 10.0 Å². The second-order valence-electron chi connectivity index (χ2n) is 4.07. The van der Waals surface area contributed by atoms with E-state index in [1.165, 1.54) is 17.4 Å². The van der Waals surface area contributed by atoms with E-state index in [0.717, 1.165) is 19.3 Å². The van der Waals surface area contributed by atoms with Crippen molar-refractivity contribution >= 4 is 21.4 Å². The maximum atomic E-state index is 11.9. The minimum Gasteiger partial charge on any atom is -0.391 e. The summed E-state index contributed by atoms with van der Waals surface area (Å²) < 4.78 is 26.5. The first-order valence-electron chi connectivity index (χ1n) is 5.70. The Morgan fingerprint density at radius 3 is 2.76 bits per heavy atom. The standard InChI is InChI=1S/C11H19NO3S2/c1-3-4-5-9(2)12-17(14,15)11-6-10(7-13)16-8-11/h6,8-9,12-13H,3-5,7H2,1-2H3. The Labute approximate surface area is 107 Å². The maximum absolute atomic E-state index is 11.9. The van der Waals surface area contributed by atoms with Crippen molar-refractivity contribution in [1.82, 2.24) is 4.72 Å². The smallest absolute Gasteiger partial charge is 0.241 e. The van der Waals surface area contributed by atoms with E-state index in [1.54, 1.807) is 5.38 Å². The topological polar surface area (TPSA) is 66.4 Å². The Morgan fingerprint density at radius 1 is 1.53 bits per heavy atom. The quantitative estimate of drug-likeness (QED) is 0.802. The fourth-order valence-corrected chi connectivity index (χ4v) is 3.90. The first-order chi connectivity index (χ1) is 7.99. The lowest BCUT2D eigenvalue weighted by Gasteiger charge is -2.12. The van der Waals surface area contributed by atoms with E-state index in [-0.39, 0.29) is 17.5 Å². The molecule has 0 saturated heterocycles. The van der Waals surface area contributed by atoms with Crippen molar-refractivity contribution in [2.24, 2.45) is 0 Å². The SMILES string of the molecule is CCCCC(C)NS(=O)(=O)c1csc(CO)c1. The van der Waals surface area contributed by atoms with Crippen LogP contribution >= 0.6 is 11.3 Å². The van der Waals surface area contributed by atoms with Gasteiger partial charge in [0, 0.05) is 16.3 Å². The van der Waals surface area contributed by atoms with Crippen LogP contribution < -0.4 is 4.72 Å². The molecular weight excluding hydrogens is 258 g/mol. The molecule has 1 atom stereocenters. The third-order valence-corrected chi connectivity index (χ3v) is 5.08. The van der Waals surface area contributed by atoms with Crippen molar-refractivity contribution in [3.63, 3.8) is 0 Å². The van der Waals surface area contributed by atoms with E-state index in [4.69, 9.17) is 5.11 Å². The molecule has 98 valence electrons. The second-order valence-corrected chi connectivity index (χ2v) is 6.78. The molecule has 0 aromatic carbocycles. The van der Waals surface area contributed by atoms with Crippen LogP contribution in [0.5, 0.6) is 0 Å². The van der Waals surface area contributed by atoms with Crippen LogP contribution in [0.4, 0.5) is 0 Å². The van der Waals surface area contributed by atoms with Crippen LogP contribution in [0.2, 0.25) is 0 Å². The molecule has 0 bridgehead atoms. The molecule has 0 amide bonds. The lowest BCUT2D eigenvalue weighted by atomic mass is 10.2. The number of aliphatic hydroxyl groups is 1. The zero-order valence-electron chi connectivity index (χ0n) is 10.1. The van der Waals surface area contributed by atoms with Crippen molar-refractivity contribution in [2.45, 2.75) is 50.7 Å². The molecule has 1 unspecified atom stereocenters. The van der Waals surface area contributed by atoms with Gasteiger partial charge in [-0.2, -0.15) is 0 Å². The van der Waals surface area contributed by atoms with Crippen LogP contribution in [0.3, 0.4) is 0 Å². The summed E-state index contributed by atoms with van der Waals surface area (Å²) in [7, 11) is -3.43. The summed E-state index contributed by atoms with van der Waals surface area (Å²) in [6.45, 7) is 3.83. The zero-order valence-corrected chi connectivity index (χ0v) is 11.8. The molecule has 0 spiro atoms. The molecule has 1 aromatic rings. The number of nitrogens with one attached hydrogen (secondary N) is 1. The summed E-state index contributed by atoms with van der Waals surface area (Å²) in [6.07, 6.45) is 2.90. The fraction of sp³-hybridized carbons (Fsp3) is 0.636. The zero-order chi connectivity index (χ0) is 12.9. The van der Waals surface area contributed by atoms with Crippen molar-refractivity contribution in [2.75, 3.05) is 0 Å². The average Bonchev–Trinajstić information content (AvgIpc) is 2.75. The maximum Gasteiger partial charge on any atom is 0.241 e. The molecule has 17 heavy (non-hydrogen) atoms. The van der Waals surface area contributed by atoms with Crippen molar-refractivity contribution in [1.29, 1.82) is 0 Å². The molecule has 1 rings (SSSR count). The molecule has 1 aromatic heterocycles. The summed E-state index contributed by atoms with van der Waals surface area (Å²) in [5.74, 6) is 0. The van der Waals surface area contributed by atoms with Gasteiger partial charge in [-0.1, -0.05) is 19.8 Å². The molecule has 1 heterocycles. The monoisotopic (exact) mass is 277 g/mol. The molecule has 4 nitrogen and oxygen atoms in total. The number of hydrogen-bond donors (Lipinski definition) is 2. The van der Waals surface area contributed by atoms with E-state index in [0.29, 0.717) is 4.88 Å². The second kappa shape index (κ2) is 6.49.